The standard InChI is InChI=1S/C23H35F5N2O4/c1-4-5-6-7-8-9-12-15(23(32,33-2)34-3)13-10-11-14-29-22(31)30-21-19(27)17(25)16(24)18(26)20(21)28/h15,32H,4-14H2,1-3H3,(H2,29,30,31). The molecule has 0 aliphatic carbocycles. The molecule has 1 atom stereocenters. The van der Waals surface area contributed by atoms with Crippen molar-refractivity contribution < 1.29 is 41.3 Å². The maximum atomic E-state index is 13.7. The third kappa shape index (κ3) is 8.66. The highest BCUT2D eigenvalue weighted by Crippen LogP contribution is 2.30. The van der Waals surface area contributed by atoms with Crippen LogP contribution in [0.2, 0.25) is 0 Å². The second kappa shape index (κ2) is 15.1. The first-order valence-electron chi connectivity index (χ1n) is 11.5. The van der Waals surface area contributed by atoms with Crippen molar-refractivity contribution in [1.82, 2.24) is 5.32 Å². The molecule has 0 fully saturated rings. The van der Waals surface area contributed by atoms with Gasteiger partial charge >= 0.3 is 6.03 Å². The number of aliphatic hydroxyl groups is 1. The Bertz CT molecular complexity index is 749. The topological polar surface area (TPSA) is 79.8 Å². The summed E-state index contributed by atoms with van der Waals surface area (Å²) in [5.74, 6) is -12.9. The molecule has 11 heteroatoms. The van der Waals surface area contributed by atoms with Crippen LogP contribution in [0, 0.1) is 35.0 Å². The van der Waals surface area contributed by atoms with Gasteiger partial charge in [-0.1, -0.05) is 51.9 Å². The van der Waals surface area contributed by atoms with E-state index < -0.39 is 46.8 Å². The van der Waals surface area contributed by atoms with E-state index in [2.05, 4.69) is 12.2 Å². The van der Waals surface area contributed by atoms with Crippen molar-refractivity contribution in [2.75, 3.05) is 26.1 Å². The van der Waals surface area contributed by atoms with Crippen LogP contribution in [-0.2, 0) is 9.47 Å². The van der Waals surface area contributed by atoms with Crippen LogP contribution in [-0.4, -0.2) is 37.9 Å². The molecule has 0 aliphatic rings. The molecule has 2 amide bonds. The molecule has 0 saturated carbocycles. The van der Waals surface area contributed by atoms with Crippen LogP contribution in [0.25, 0.3) is 0 Å². The van der Waals surface area contributed by atoms with Crippen molar-refractivity contribution in [3.05, 3.63) is 29.1 Å². The van der Waals surface area contributed by atoms with Crippen molar-refractivity contribution in [2.24, 2.45) is 5.92 Å². The predicted molar refractivity (Wildman–Crippen MR) is 118 cm³/mol. The van der Waals surface area contributed by atoms with E-state index in [1.54, 1.807) is 5.32 Å². The number of hydrogen-bond donors (Lipinski definition) is 3. The van der Waals surface area contributed by atoms with Crippen LogP contribution in [0.3, 0.4) is 0 Å². The Morgan fingerprint density at radius 1 is 0.824 bits per heavy atom. The number of hydrogen-bond acceptors (Lipinski definition) is 4. The van der Waals surface area contributed by atoms with E-state index >= 15 is 0 Å². The van der Waals surface area contributed by atoms with Crippen molar-refractivity contribution in [2.45, 2.75) is 77.1 Å². The molecule has 1 aromatic rings. The highest BCUT2D eigenvalue weighted by Gasteiger charge is 2.36. The van der Waals surface area contributed by atoms with Gasteiger partial charge in [-0.05, 0) is 19.3 Å². The Kier molecular flexibility index (Phi) is 13.4. The molecule has 1 rings (SSSR count). The fourth-order valence-corrected chi connectivity index (χ4v) is 3.69. The molecule has 0 spiro atoms. The molecule has 0 heterocycles. The molecule has 34 heavy (non-hydrogen) atoms. The van der Waals surface area contributed by atoms with E-state index in [1.807, 2.05) is 0 Å². The zero-order valence-corrected chi connectivity index (χ0v) is 19.9. The lowest BCUT2D eigenvalue weighted by Gasteiger charge is -2.33. The fourth-order valence-electron chi connectivity index (χ4n) is 3.69. The lowest BCUT2D eigenvalue weighted by atomic mass is 9.92. The quantitative estimate of drug-likeness (QED) is 0.0861. The van der Waals surface area contributed by atoms with Crippen molar-refractivity contribution in [1.29, 1.82) is 0 Å². The summed E-state index contributed by atoms with van der Waals surface area (Å²) in [5.41, 5.74) is -1.42. The first-order chi connectivity index (χ1) is 16.1. The van der Waals surface area contributed by atoms with Gasteiger partial charge in [0.1, 0.15) is 5.69 Å². The summed E-state index contributed by atoms with van der Waals surface area (Å²) in [6.45, 7) is 2.22. The van der Waals surface area contributed by atoms with Gasteiger partial charge in [-0.15, -0.1) is 0 Å². The molecular formula is C23H35F5N2O4. The van der Waals surface area contributed by atoms with Gasteiger partial charge in [0, 0.05) is 26.7 Å². The Balaban J connectivity index is 2.51. The molecule has 0 bridgehead atoms. The van der Waals surface area contributed by atoms with Gasteiger partial charge in [-0.3, -0.25) is 0 Å². The number of benzene rings is 1. The maximum Gasteiger partial charge on any atom is 0.319 e. The summed E-state index contributed by atoms with van der Waals surface area (Å²) in [6.07, 6.45) is 8.73. The highest BCUT2D eigenvalue weighted by atomic mass is 19.2. The van der Waals surface area contributed by atoms with E-state index in [-0.39, 0.29) is 12.5 Å². The van der Waals surface area contributed by atoms with Crippen LogP contribution < -0.4 is 10.6 Å². The summed E-state index contributed by atoms with van der Waals surface area (Å²) in [6, 6.07) is -1.11. The smallest absolute Gasteiger partial charge is 0.319 e. The molecule has 0 aromatic heterocycles. The number of carbonyl (C=O) groups is 1. The van der Waals surface area contributed by atoms with Gasteiger partial charge in [-0.25, -0.2) is 26.7 Å². The highest BCUT2D eigenvalue weighted by molar-refractivity contribution is 5.89. The summed E-state index contributed by atoms with van der Waals surface area (Å²) in [7, 11) is 2.70. The number of carbonyl (C=O) groups excluding carboxylic acids is 1. The summed E-state index contributed by atoms with van der Waals surface area (Å²) >= 11 is 0. The monoisotopic (exact) mass is 498 g/mol. The van der Waals surface area contributed by atoms with E-state index in [9.17, 15) is 31.9 Å². The Morgan fingerprint density at radius 2 is 1.29 bits per heavy atom. The number of halogens is 5. The third-order valence-electron chi connectivity index (χ3n) is 5.72. The van der Waals surface area contributed by atoms with Gasteiger partial charge in [0.05, 0.1) is 0 Å². The number of rotatable bonds is 16. The molecular weight excluding hydrogens is 463 g/mol. The van der Waals surface area contributed by atoms with Gasteiger partial charge in [0.25, 0.3) is 5.97 Å². The minimum Gasteiger partial charge on any atom is -0.343 e. The van der Waals surface area contributed by atoms with Gasteiger partial charge < -0.3 is 25.2 Å². The van der Waals surface area contributed by atoms with Crippen LogP contribution in [0.1, 0.15) is 71.1 Å². The van der Waals surface area contributed by atoms with Crippen molar-refractivity contribution in [3.63, 3.8) is 0 Å². The van der Waals surface area contributed by atoms with Crippen LogP contribution in [0.15, 0.2) is 0 Å². The third-order valence-corrected chi connectivity index (χ3v) is 5.72. The van der Waals surface area contributed by atoms with Gasteiger partial charge in [0.2, 0.25) is 5.82 Å². The Hall–Kier alpha value is -1.98. The molecule has 0 radical (unpaired) electrons. The van der Waals surface area contributed by atoms with Gasteiger partial charge in [0.15, 0.2) is 23.3 Å². The number of methoxy groups -OCH3 is 2. The zero-order valence-electron chi connectivity index (χ0n) is 19.9. The normalized spacial score (nSPS) is 12.6. The van der Waals surface area contributed by atoms with Crippen LogP contribution in [0.5, 0.6) is 0 Å². The number of amides is 2. The summed E-state index contributed by atoms with van der Waals surface area (Å²) < 4.78 is 77.1. The van der Waals surface area contributed by atoms with Crippen LogP contribution >= 0.6 is 0 Å². The molecule has 6 nitrogen and oxygen atoms in total. The number of nitrogens with one attached hydrogen (secondary N) is 2. The number of unbranched alkanes of at least 4 members (excludes halogenated alkanes) is 6. The number of anilines is 1. The average molecular weight is 499 g/mol. The maximum absolute atomic E-state index is 13.7. The van der Waals surface area contributed by atoms with Crippen molar-refractivity contribution >= 4 is 11.7 Å². The second-order valence-corrected chi connectivity index (χ2v) is 8.11. The van der Waals surface area contributed by atoms with Gasteiger partial charge in [-0.2, -0.15) is 0 Å². The van der Waals surface area contributed by atoms with Crippen molar-refractivity contribution in [3.8, 4) is 0 Å². The largest absolute Gasteiger partial charge is 0.343 e. The minimum absolute atomic E-state index is 0.0728. The van der Waals surface area contributed by atoms with E-state index in [0.29, 0.717) is 25.7 Å². The lowest BCUT2D eigenvalue weighted by molar-refractivity contribution is -0.369. The van der Waals surface area contributed by atoms with E-state index in [0.717, 1.165) is 25.7 Å². The molecule has 3 N–H and O–H groups in total. The van der Waals surface area contributed by atoms with Crippen LogP contribution in [0.4, 0.5) is 32.4 Å². The molecule has 1 aromatic carbocycles. The van der Waals surface area contributed by atoms with E-state index in [4.69, 9.17) is 9.47 Å². The first-order valence-corrected chi connectivity index (χ1v) is 11.5. The summed E-state index contributed by atoms with van der Waals surface area (Å²) in [5, 5.41) is 14.5. The fraction of sp³-hybridized carbons (Fsp3) is 0.696. The minimum atomic E-state index is -2.30. The molecule has 1 unspecified atom stereocenters. The SMILES string of the molecule is CCCCCCCCC(CCCCNC(=O)Nc1c(F)c(F)c(F)c(F)c1F)C(O)(OC)OC. The molecule has 196 valence electrons. The average Bonchev–Trinajstić information content (AvgIpc) is 2.84. The Labute approximate surface area is 197 Å². The summed E-state index contributed by atoms with van der Waals surface area (Å²) in [4.78, 5) is 11.8. The molecule has 0 saturated heterocycles. The Morgan fingerprint density at radius 3 is 1.82 bits per heavy atom. The predicted octanol–water partition coefficient (Wildman–Crippen LogP) is 5.98. The first kappa shape index (κ1) is 30.1. The van der Waals surface area contributed by atoms with E-state index in [1.165, 1.54) is 27.1 Å². The molecule has 0 aliphatic heterocycles. The number of urea groups is 1. The lowest BCUT2D eigenvalue weighted by Crippen LogP contribution is -2.42. The second-order valence-electron chi connectivity index (χ2n) is 8.11. The zero-order chi connectivity index (χ0) is 25.7. The number of ether oxygens (including phenoxy) is 2.